The number of nitrogens with zero attached hydrogens (tertiary/aromatic N) is 3. The number of allylic oxidation sites excluding steroid dienone is 6. The summed E-state index contributed by atoms with van der Waals surface area (Å²) in [4.78, 5) is 34.8. The van der Waals surface area contributed by atoms with E-state index in [1.165, 1.54) is 7.05 Å². The first-order valence-electron chi connectivity index (χ1n) is 16.5. The van der Waals surface area contributed by atoms with Gasteiger partial charge in [-0.25, -0.2) is 8.78 Å². The van der Waals surface area contributed by atoms with E-state index in [-0.39, 0.29) is 31.2 Å². The molecule has 0 amide bonds. The standard InChI is InChI=1S/C29H39F2N3O3.C6H11NO2.CH5N/c1-6-7-24(25-10-8-23(19-35)9-11-25)12-13-26-18-29(30,31)28(37-22(26)4)14-16-34(17-15-28)20-32-27(21(2)3)33-36-5;1-7-2-3-9-5-6(7)4-8;1-2/h6-12,19,21H,13-18,20H2,1-5H3,(H,32,33);4,6H,2-3,5H2,1H3;2H2,1H3/b7-6-,24-12+;;. The molecular weight excluding hydrogens is 620 g/mol. The van der Waals surface area contributed by atoms with Gasteiger partial charge in [-0.05, 0) is 51.1 Å². The van der Waals surface area contributed by atoms with E-state index >= 15 is 8.78 Å². The minimum absolute atomic E-state index is 0.0150. The molecule has 10 nitrogen and oxygen atoms in total. The van der Waals surface area contributed by atoms with Gasteiger partial charge in [0.05, 0.1) is 38.8 Å². The van der Waals surface area contributed by atoms with Crippen molar-refractivity contribution in [1.29, 1.82) is 0 Å². The summed E-state index contributed by atoms with van der Waals surface area (Å²) >= 11 is 0. The third kappa shape index (κ3) is 11.4. The van der Waals surface area contributed by atoms with Crippen molar-refractivity contribution in [2.24, 2.45) is 16.6 Å². The van der Waals surface area contributed by atoms with Crippen LogP contribution in [0.4, 0.5) is 8.78 Å². The minimum atomic E-state index is -2.96. The molecule has 3 heterocycles. The summed E-state index contributed by atoms with van der Waals surface area (Å²) in [5.41, 5.74) is 8.87. The van der Waals surface area contributed by atoms with E-state index in [0.29, 0.717) is 49.7 Å². The zero-order valence-electron chi connectivity index (χ0n) is 29.6. The Morgan fingerprint density at radius 3 is 2.35 bits per heavy atom. The maximum absolute atomic E-state index is 15.6. The number of likely N-dealkylation sites (N-methyl/N-ethyl adjacent to an activating group) is 1. The smallest absolute Gasteiger partial charge is 0.290 e. The van der Waals surface area contributed by atoms with E-state index in [0.717, 1.165) is 42.7 Å². The average Bonchev–Trinajstić information content (AvgIpc) is 3.09. The Labute approximate surface area is 285 Å². The zero-order chi connectivity index (χ0) is 35.7. The highest BCUT2D eigenvalue weighted by Gasteiger charge is 2.59. The Morgan fingerprint density at radius 2 is 1.83 bits per heavy atom. The number of amidine groups is 1. The molecule has 0 saturated carbocycles. The molecule has 268 valence electrons. The molecule has 48 heavy (non-hydrogen) atoms. The zero-order valence-corrected chi connectivity index (χ0v) is 29.6. The number of carbonyl (C=O) groups excluding carboxylic acids is 2. The van der Waals surface area contributed by atoms with Gasteiger partial charge >= 0.3 is 0 Å². The number of hydrogen-bond donors (Lipinski definition) is 2. The number of aldehydes is 2. The molecule has 3 aliphatic heterocycles. The van der Waals surface area contributed by atoms with E-state index in [1.54, 1.807) is 26.2 Å². The minimum Gasteiger partial charge on any atom is -0.486 e. The fourth-order valence-corrected chi connectivity index (χ4v) is 5.64. The van der Waals surface area contributed by atoms with Gasteiger partial charge in [0, 0.05) is 50.4 Å². The molecule has 1 spiro atoms. The molecule has 0 aliphatic carbocycles. The van der Waals surface area contributed by atoms with Crippen molar-refractivity contribution in [3.63, 3.8) is 0 Å². The van der Waals surface area contributed by atoms with E-state index in [1.807, 2.05) is 63.1 Å². The Bertz CT molecular complexity index is 1270. The number of rotatable bonds is 10. The van der Waals surface area contributed by atoms with Crippen molar-refractivity contribution in [2.45, 2.75) is 70.9 Å². The van der Waals surface area contributed by atoms with Crippen LogP contribution in [0.3, 0.4) is 0 Å². The van der Waals surface area contributed by atoms with E-state index < -0.39 is 11.5 Å². The molecule has 3 aliphatic rings. The predicted molar refractivity (Wildman–Crippen MR) is 187 cm³/mol. The van der Waals surface area contributed by atoms with Crippen molar-refractivity contribution < 1.29 is 32.7 Å². The average molecular weight is 676 g/mol. The van der Waals surface area contributed by atoms with Crippen LogP contribution >= 0.6 is 0 Å². The summed E-state index contributed by atoms with van der Waals surface area (Å²) in [6.45, 7) is 11.3. The number of nitrogens with one attached hydrogen (secondary N) is 1. The lowest BCUT2D eigenvalue weighted by Gasteiger charge is -2.48. The lowest BCUT2D eigenvalue weighted by molar-refractivity contribution is -0.220. The van der Waals surface area contributed by atoms with Gasteiger partial charge in [-0.3, -0.25) is 29.9 Å². The number of morpholine rings is 1. The van der Waals surface area contributed by atoms with Crippen molar-refractivity contribution in [3.05, 3.63) is 65.0 Å². The topological polar surface area (TPSA) is 119 Å². The number of alkyl halides is 2. The van der Waals surface area contributed by atoms with Gasteiger partial charge in [0.15, 0.2) is 5.60 Å². The first-order chi connectivity index (χ1) is 23.0. The van der Waals surface area contributed by atoms with Crippen LogP contribution < -0.4 is 11.2 Å². The van der Waals surface area contributed by atoms with Crippen molar-refractivity contribution >= 4 is 24.0 Å². The van der Waals surface area contributed by atoms with Crippen LogP contribution in [-0.4, -0.2) is 106 Å². The first-order valence-corrected chi connectivity index (χ1v) is 16.5. The van der Waals surface area contributed by atoms with E-state index in [4.69, 9.17) is 14.3 Å². The number of hydrogen-bond acceptors (Lipinski definition) is 9. The van der Waals surface area contributed by atoms with Crippen LogP contribution in [-0.2, 0) is 19.1 Å². The number of likely N-dealkylation sites (tertiary alicyclic amines) is 1. The Kier molecular flexibility index (Phi) is 17.3. The maximum Gasteiger partial charge on any atom is 0.290 e. The highest BCUT2D eigenvalue weighted by atomic mass is 19.3. The summed E-state index contributed by atoms with van der Waals surface area (Å²) in [5.74, 6) is -1.46. The van der Waals surface area contributed by atoms with E-state index in [2.05, 4.69) is 21.1 Å². The number of ether oxygens (including phenoxy) is 2. The molecule has 4 rings (SSSR count). The number of benzene rings is 1. The van der Waals surface area contributed by atoms with Gasteiger partial charge in [0.1, 0.15) is 18.4 Å². The van der Waals surface area contributed by atoms with Gasteiger partial charge in [-0.1, -0.05) is 56.3 Å². The summed E-state index contributed by atoms with van der Waals surface area (Å²) in [5, 5.41) is 0. The second kappa shape index (κ2) is 20.3. The van der Waals surface area contributed by atoms with E-state index in [9.17, 15) is 9.59 Å². The molecule has 2 saturated heterocycles. The monoisotopic (exact) mass is 675 g/mol. The highest BCUT2D eigenvalue weighted by Crippen LogP contribution is 2.50. The van der Waals surface area contributed by atoms with Crippen LogP contribution in [0.1, 0.15) is 69.3 Å². The van der Waals surface area contributed by atoms with Crippen LogP contribution in [0.15, 0.2) is 58.8 Å². The fourth-order valence-electron chi connectivity index (χ4n) is 5.64. The van der Waals surface area contributed by atoms with Crippen molar-refractivity contribution in [3.8, 4) is 0 Å². The van der Waals surface area contributed by atoms with Crippen molar-refractivity contribution in [1.82, 2.24) is 15.3 Å². The molecule has 12 heteroatoms. The van der Waals surface area contributed by atoms with Crippen LogP contribution in [0.25, 0.3) is 5.57 Å². The van der Waals surface area contributed by atoms with Gasteiger partial charge in [-0.2, -0.15) is 0 Å². The maximum atomic E-state index is 15.6. The molecule has 1 aromatic carbocycles. The number of carbonyl (C=O) groups is 2. The van der Waals surface area contributed by atoms with Crippen LogP contribution in [0, 0.1) is 5.92 Å². The molecule has 1 atom stereocenters. The molecule has 0 aromatic heterocycles. The van der Waals surface area contributed by atoms with Gasteiger partial charge in [0.25, 0.3) is 5.92 Å². The summed E-state index contributed by atoms with van der Waals surface area (Å²) in [7, 11) is 4.97. The molecular formula is C36H55F2N5O5. The molecule has 1 aromatic rings. The van der Waals surface area contributed by atoms with Crippen LogP contribution in [0.2, 0.25) is 0 Å². The van der Waals surface area contributed by atoms with Gasteiger partial charge in [-0.15, -0.1) is 0 Å². The number of hydroxylamine groups is 1. The Morgan fingerprint density at radius 1 is 1.17 bits per heavy atom. The summed E-state index contributed by atoms with van der Waals surface area (Å²) in [6.07, 6.45) is 8.10. The number of halogens is 2. The number of piperidine rings is 1. The third-order valence-corrected chi connectivity index (χ3v) is 8.70. The Balaban J connectivity index is 0.000000620. The molecule has 3 N–H and O–H groups in total. The fraction of sp³-hybridized carbons (Fsp3) is 0.583. The van der Waals surface area contributed by atoms with Gasteiger partial charge in [0.2, 0.25) is 0 Å². The summed E-state index contributed by atoms with van der Waals surface area (Å²) < 4.78 is 42.3. The molecule has 1 unspecified atom stereocenters. The molecule has 0 bridgehead atoms. The lowest BCUT2D eigenvalue weighted by Crippen LogP contribution is -2.58. The quantitative estimate of drug-likeness (QED) is 0.113. The van der Waals surface area contributed by atoms with Crippen LogP contribution in [0.5, 0.6) is 0 Å². The molecule has 0 radical (unpaired) electrons. The summed E-state index contributed by atoms with van der Waals surface area (Å²) in [6, 6.07) is 7.22. The number of aliphatic imine (C=N–C) groups is 1. The second-order valence-electron chi connectivity index (χ2n) is 12.3. The first kappa shape index (κ1) is 40.9. The molecule has 2 fully saturated rings. The number of nitrogens with two attached hydrogens (primary N) is 1. The lowest BCUT2D eigenvalue weighted by atomic mass is 9.79. The Hall–Kier alpha value is -3.29. The largest absolute Gasteiger partial charge is 0.486 e. The second-order valence-corrected chi connectivity index (χ2v) is 12.3. The van der Waals surface area contributed by atoms with Crippen molar-refractivity contribution in [2.75, 3.05) is 60.7 Å². The third-order valence-electron chi connectivity index (χ3n) is 8.70. The van der Waals surface area contributed by atoms with Gasteiger partial charge < -0.3 is 20.0 Å². The highest BCUT2D eigenvalue weighted by molar-refractivity contribution is 5.83. The predicted octanol–water partition coefficient (Wildman–Crippen LogP) is 5.27. The SMILES string of the molecule is C/C=C\C(=C/CC1=C(C)OC2(CCN(C/N=C(\NOC)C(C)C)CC2)C(F)(F)C1)c1ccc(C=O)cc1.CN.CN1CCOCC1C=O. The normalized spacial score (nSPS) is 21.6.